The van der Waals surface area contributed by atoms with E-state index < -0.39 is 10.1 Å². The van der Waals surface area contributed by atoms with Gasteiger partial charge in [-0.25, -0.2) is 0 Å². The number of hydrogen-bond acceptors (Lipinski definition) is 4. The summed E-state index contributed by atoms with van der Waals surface area (Å²) in [6.07, 6.45) is 0.638. The maximum atomic E-state index is 12.4. The maximum Gasteiger partial charge on any atom is 0.339 e. The van der Waals surface area contributed by atoms with E-state index in [-0.39, 0.29) is 15.7 Å². The van der Waals surface area contributed by atoms with Crippen LogP contribution >= 0.6 is 11.6 Å². The number of rotatable bonds is 4. The highest BCUT2D eigenvalue weighted by Crippen LogP contribution is 2.35. The molecule has 0 aliphatic rings. The van der Waals surface area contributed by atoms with Gasteiger partial charge in [0.25, 0.3) is 0 Å². The number of fused-ring (bicyclic) bond motifs is 1. The predicted molar refractivity (Wildman–Crippen MR) is 88.6 cm³/mol. The normalized spacial score (nSPS) is 11.3. The predicted octanol–water partition coefficient (Wildman–Crippen LogP) is 4.07. The van der Waals surface area contributed by atoms with Gasteiger partial charge in [-0.1, -0.05) is 54.1 Å². The van der Waals surface area contributed by atoms with Crippen molar-refractivity contribution >= 4 is 38.8 Å². The quantitative estimate of drug-likeness (QED) is 0.527. The van der Waals surface area contributed by atoms with Crippen LogP contribution in [-0.4, -0.2) is 14.7 Å². The van der Waals surface area contributed by atoms with Gasteiger partial charge < -0.3 is 4.18 Å². The molecule has 0 saturated heterocycles. The SMILES string of the molecule is O=Cc1ccc(S(=O)(=O)Oc2c(Cl)ccc3ccccc23)cc1. The van der Waals surface area contributed by atoms with Gasteiger partial charge in [-0.3, -0.25) is 4.79 Å². The molecule has 3 rings (SSSR count). The molecule has 0 aromatic heterocycles. The fourth-order valence-electron chi connectivity index (χ4n) is 2.17. The van der Waals surface area contributed by atoms with Gasteiger partial charge in [0.15, 0.2) is 5.75 Å². The number of carbonyl (C=O) groups is 1. The van der Waals surface area contributed by atoms with E-state index in [2.05, 4.69) is 0 Å². The minimum absolute atomic E-state index is 0.0490. The molecule has 0 aliphatic heterocycles. The van der Waals surface area contributed by atoms with Crippen LogP contribution in [0.4, 0.5) is 0 Å². The Morgan fingerprint density at radius 1 is 0.913 bits per heavy atom. The third-order valence-electron chi connectivity index (χ3n) is 3.33. The van der Waals surface area contributed by atoms with Crippen LogP contribution in [0.3, 0.4) is 0 Å². The van der Waals surface area contributed by atoms with Gasteiger partial charge >= 0.3 is 10.1 Å². The van der Waals surface area contributed by atoms with E-state index in [1.807, 2.05) is 12.1 Å². The van der Waals surface area contributed by atoms with E-state index in [0.717, 1.165) is 5.39 Å². The molecule has 3 aromatic rings. The number of benzene rings is 3. The average molecular weight is 347 g/mol. The summed E-state index contributed by atoms with van der Waals surface area (Å²) in [5, 5.41) is 1.63. The van der Waals surface area contributed by atoms with Gasteiger partial charge in [-0.05, 0) is 23.6 Å². The molecule has 0 N–H and O–H groups in total. The summed E-state index contributed by atoms with van der Waals surface area (Å²) >= 11 is 6.11. The molecule has 0 saturated carbocycles. The molecule has 0 unspecified atom stereocenters. The van der Waals surface area contributed by atoms with Crippen LogP contribution in [-0.2, 0) is 10.1 Å². The summed E-state index contributed by atoms with van der Waals surface area (Å²) < 4.78 is 30.1. The lowest BCUT2D eigenvalue weighted by Gasteiger charge is -2.11. The molecule has 4 nitrogen and oxygen atoms in total. The summed E-state index contributed by atoms with van der Waals surface area (Å²) in [6, 6.07) is 16.0. The van der Waals surface area contributed by atoms with E-state index in [1.165, 1.54) is 24.3 Å². The van der Waals surface area contributed by atoms with Crippen LogP contribution in [0.5, 0.6) is 5.75 Å². The standard InChI is InChI=1S/C17H11ClO4S/c18-16-10-7-13-3-1-2-4-15(13)17(16)22-23(20,21)14-8-5-12(11-19)6-9-14/h1-11H. The lowest BCUT2D eigenvalue weighted by atomic mass is 10.1. The third-order valence-corrected chi connectivity index (χ3v) is 4.86. The Morgan fingerprint density at radius 2 is 1.61 bits per heavy atom. The molecular weight excluding hydrogens is 336 g/mol. The fraction of sp³-hybridized carbons (Fsp3) is 0. The van der Waals surface area contributed by atoms with Gasteiger partial charge in [0.05, 0.1) is 5.02 Å². The van der Waals surface area contributed by atoms with Crippen LogP contribution in [0.2, 0.25) is 5.02 Å². The average Bonchev–Trinajstić information content (AvgIpc) is 2.57. The molecule has 116 valence electrons. The lowest BCUT2D eigenvalue weighted by Crippen LogP contribution is -2.10. The van der Waals surface area contributed by atoms with E-state index in [1.54, 1.807) is 24.3 Å². The first-order valence-electron chi connectivity index (χ1n) is 6.68. The third kappa shape index (κ3) is 3.06. The highest BCUT2D eigenvalue weighted by Gasteiger charge is 2.20. The zero-order valence-corrected chi connectivity index (χ0v) is 13.3. The first-order chi connectivity index (χ1) is 11.0. The molecule has 6 heteroatoms. The van der Waals surface area contributed by atoms with E-state index in [0.29, 0.717) is 17.2 Å². The first kappa shape index (κ1) is 15.5. The largest absolute Gasteiger partial charge is 0.377 e. The summed E-state index contributed by atoms with van der Waals surface area (Å²) in [6.45, 7) is 0. The van der Waals surface area contributed by atoms with Crippen LogP contribution in [0.1, 0.15) is 10.4 Å². The van der Waals surface area contributed by atoms with Gasteiger partial charge in [0.1, 0.15) is 11.2 Å². The molecule has 0 amide bonds. The monoisotopic (exact) mass is 346 g/mol. The van der Waals surface area contributed by atoms with Crippen molar-refractivity contribution in [2.75, 3.05) is 0 Å². The van der Waals surface area contributed by atoms with E-state index in [9.17, 15) is 13.2 Å². The second kappa shape index (κ2) is 6.02. The van der Waals surface area contributed by atoms with Gasteiger partial charge in [-0.2, -0.15) is 8.42 Å². The van der Waals surface area contributed by atoms with Crippen molar-refractivity contribution in [1.82, 2.24) is 0 Å². The molecule has 23 heavy (non-hydrogen) atoms. The van der Waals surface area contributed by atoms with Crippen molar-refractivity contribution in [1.29, 1.82) is 0 Å². The number of hydrogen-bond donors (Lipinski definition) is 0. The highest BCUT2D eigenvalue weighted by molar-refractivity contribution is 7.87. The maximum absolute atomic E-state index is 12.4. The second-order valence-corrected chi connectivity index (χ2v) is 6.78. The van der Waals surface area contributed by atoms with Crippen molar-refractivity contribution in [2.45, 2.75) is 4.90 Å². The van der Waals surface area contributed by atoms with Crippen molar-refractivity contribution < 1.29 is 17.4 Å². The summed E-state index contributed by atoms with van der Waals surface area (Å²) in [4.78, 5) is 10.6. The minimum atomic E-state index is -4.05. The molecular formula is C17H11ClO4S. The van der Waals surface area contributed by atoms with Crippen molar-refractivity contribution in [3.05, 3.63) is 71.2 Å². The lowest BCUT2D eigenvalue weighted by molar-refractivity contribution is 0.112. The smallest absolute Gasteiger partial charge is 0.339 e. The zero-order chi connectivity index (χ0) is 16.4. The Kier molecular flexibility index (Phi) is 4.07. The molecule has 0 bridgehead atoms. The Labute approximate surface area is 138 Å². The van der Waals surface area contributed by atoms with Gasteiger partial charge in [0, 0.05) is 10.9 Å². The Morgan fingerprint density at radius 3 is 2.30 bits per heavy atom. The topological polar surface area (TPSA) is 60.4 Å². The van der Waals surface area contributed by atoms with Crippen molar-refractivity contribution in [2.24, 2.45) is 0 Å². The van der Waals surface area contributed by atoms with Crippen LogP contribution in [0.25, 0.3) is 10.8 Å². The summed E-state index contributed by atoms with van der Waals surface area (Å²) in [5.74, 6) is 0.0873. The van der Waals surface area contributed by atoms with Crippen LogP contribution < -0.4 is 4.18 Å². The molecule has 0 heterocycles. The number of aldehydes is 1. The molecule has 3 aromatic carbocycles. The van der Waals surface area contributed by atoms with Crippen molar-refractivity contribution in [3.63, 3.8) is 0 Å². The molecule has 0 spiro atoms. The molecule has 0 aliphatic carbocycles. The number of carbonyl (C=O) groups excluding carboxylic acids is 1. The van der Waals surface area contributed by atoms with Crippen LogP contribution in [0.15, 0.2) is 65.6 Å². The Bertz CT molecular complexity index is 979. The summed E-state index contributed by atoms with van der Waals surface area (Å²) in [5.41, 5.74) is 0.382. The van der Waals surface area contributed by atoms with Gasteiger partial charge in [-0.15, -0.1) is 0 Å². The zero-order valence-electron chi connectivity index (χ0n) is 11.8. The molecule has 0 fully saturated rings. The Balaban J connectivity index is 2.06. The molecule has 0 radical (unpaired) electrons. The van der Waals surface area contributed by atoms with Crippen molar-refractivity contribution in [3.8, 4) is 5.75 Å². The second-order valence-electron chi connectivity index (χ2n) is 4.82. The van der Waals surface area contributed by atoms with E-state index >= 15 is 0 Å². The number of halogens is 1. The summed E-state index contributed by atoms with van der Waals surface area (Å²) in [7, 11) is -4.05. The highest BCUT2D eigenvalue weighted by atomic mass is 35.5. The molecule has 0 atom stereocenters. The van der Waals surface area contributed by atoms with Gasteiger partial charge in [0.2, 0.25) is 0 Å². The van der Waals surface area contributed by atoms with E-state index in [4.69, 9.17) is 15.8 Å². The fourth-order valence-corrected chi connectivity index (χ4v) is 3.39. The Hall–Kier alpha value is -2.37. The first-order valence-corrected chi connectivity index (χ1v) is 8.47. The minimum Gasteiger partial charge on any atom is -0.377 e. The van der Waals surface area contributed by atoms with Crippen LogP contribution in [0, 0.1) is 0 Å².